The van der Waals surface area contributed by atoms with Crippen molar-refractivity contribution in [2.24, 2.45) is 0 Å². The van der Waals surface area contributed by atoms with Crippen LogP contribution in [0.25, 0.3) is 0 Å². The quantitative estimate of drug-likeness (QED) is 0.745. The minimum absolute atomic E-state index is 0.152. The molecule has 0 aliphatic heterocycles. The molecular weight excluding hydrogens is 238 g/mol. The summed E-state index contributed by atoms with van der Waals surface area (Å²) in [6.07, 6.45) is 1.14. The molecule has 1 heterocycles. The monoisotopic (exact) mass is 241 g/mol. The van der Waals surface area contributed by atoms with Gasteiger partial charge in [-0.25, -0.2) is 13.4 Å². The fourth-order valence-corrected chi connectivity index (χ4v) is 2.61. The average Bonchev–Trinajstić information content (AvgIpc) is 2.11. The summed E-state index contributed by atoms with van der Waals surface area (Å²) in [7, 11) is -3.10. The molecule has 6 heteroatoms. The molecule has 0 N–H and O–H groups in total. The molecule has 1 rings (SSSR count). The van der Waals surface area contributed by atoms with Crippen molar-refractivity contribution in [1.29, 1.82) is 0 Å². The van der Waals surface area contributed by atoms with Gasteiger partial charge in [-0.3, -0.25) is 0 Å². The third-order valence-electron chi connectivity index (χ3n) is 0.772. The minimum atomic E-state index is -3.10. The smallest absolute Gasteiger partial charge is 0.210 e. The van der Waals surface area contributed by atoms with Crippen LogP contribution in [0.5, 0.6) is 0 Å². The highest BCUT2D eigenvalue weighted by atomic mass is 79.9. The molecule has 0 aliphatic rings. The third kappa shape index (κ3) is 1.77. The first-order chi connectivity index (χ1) is 4.50. The summed E-state index contributed by atoms with van der Waals surface area (Å²) < 4.78 is 22.3. The van der Waals surface area contributed by atoms with Gasteiger partial charge in [0, 0.05) is 11.6 Å². The fourth-order valence-electron chi connectivity index (χ4n) is 0.409. The van der Waals surface area contributed by atoms with Crippen LogP contribution in [0.15, 0.2) is 14.3 Å². The predicted octanol–water partition coefficient (Wildman–Crippen LogP) is 1.31. The normalized spacial score (nSPS) is 11.8. The fraction of sp³-hybridized carbons (Fsp3) is 0.250. The van der Waals surface area contributed by atoms with Crippen molar-refractivity contribution in [2.45, 2.75) is 4.34 Å². The van der Waals surface area contributed by atoms with Gasteiger partial charge < -0.3 is 0 Å². The molecule has 56 valence electrons. The molecule has 10 heavy (non-hydrogen) atoms. The summed E-state index contributed by atoms with van der Waals surface area (Å²) in [6, 6.07) is 0. The van der Waals surface area contributed by atoms with E-state index in [9.17, 15) is 8.42 Å². The molecule has 0 aromatic carbocycles. The molecule has 0 saturated heterocycles. The van der Waals surface area contributed by atoms with E-state index < -0.39 is 9.84 Å². The van der Waals surface area contributed by atoms with Gasteiger partial charge in [-0.15, -0.1) is 11.3 Å². The summed E-state index contributed by atoms with van der Waals surface area (Å²) in [4.78, 5) is 3.73. The van der Waals surface area contributed by atoms with E-state index in [2.05, 4.69) is 20.9 Å². The molecule has 1 aromatic heterocycles. The highest BCUT2D eigenvalue weighted by Crippen LogP contribution is 2.18. The molecular formula is C4H4BrNO2S2. The van der Waals surface area contributed by atoms with Gasteiger partial charge >= 0.3 is 0 Å². The van der Waals surface area contributed by atoms with Crippen LogP contribution in [0.4, 0.5) is 0 Å². The summed E-state index contributed by atoms with van der Waals surface area (Å²) in [5, 5.41) is 1.64. The lowest BCUT2D eigenvalue weighted by Gasteiger charge is -1.85. The lowest BCUT2D eigenvalue weighted by Crippen LogP contribution is -1.94. The molecule has 0 radical (unpaired) electrons. The van der Waals surface area contributed by atoms with Crippen molar-refractivity contribution in [2.75, 3.05) is 6.26 Å². The number of thiazole rings is 1. The van der Waals surface area contributed by atoms with Gasteiger partial charge in [-0.2, -0.15) is 0 Å². The lowest BCUT2D eigenvalue weighted by atomic mass is 11.0. The van der Waals surface area contributed by atoms with Crippen LogP contribution >= 0.6 is 27.3 Å². The first-order valence-corrected chi connectivity index (χ1v) is 5.87. The van der Waals surface area contributed by atoms with Gasteiger partial charge in [0.15, 0.2) is 0 Å². The molecule has 0 fully saturated rings. The number of aromatic nitrogens is 1. The van der Waals surface area contributed by atoms with Crippen molar-refractivity contribution in [3.63, 3.8) is 0 Å². The Morgan fingerprint density at radius 1 is 1.70 bits per heavy atom. The second-order valence-electron chi connectivity index (χ2n) is 1.71. The second-order valence-corrected chi connectivity index (χ2v) is 5.57. The Hall–Kier alpha value is 0.0600. The zero-order valence-corrected chi connectivity index (χ0v) is 8.25. The highest BCUT2D eigenvalue weighted by molar-refractivity contribution is 9.10. The largest absolute Gasteiger partial charge is 0.222 e. The van der Waals surface area contributed by atoms with E-state index in [1.54, 1.807) is 5.38 Å². The van der Waals surface area contributed by atoms with Gasteiger partial charge in [-0.05, 0) is 15.9 Å². The second kappa shape index (κ2) is 2.60. The van der Waals surface area contributed by atoms with Crippen molar-refractivity contribution < 1.29 is 8.42 Å². The Morgan fingerprint density at radius 3 is 2.50 bits per heavy atom. The van der Waals surface area contributed by atoms with Crippen molar-refractivity contribution >= 4 is 37.1 Å². The van der Waals surface area contributed by atoms with Gasteiger partial charge in [0.25, 0.3) is 0 Å². The Bertz CT molecular complexity index is 329. The van der Waals surface area contributed by atoms with E-state index in [1.807, 2.05) is 0 Å². The number of nitrogens with zero attached hydrogens (tertiary/aromatic N) is 1. The Balaban J connectivity index is 3.21. The van der Waals surface area contributed by atoms with Crippen molar-refractivity contribution in [1.82, 2.24) is 4.98 Å². The number of hydrogen-bond donors (Lipinski definition) is 0. The summed E-state index contributed by atoms with van der Waals surface area (Å²) in [5.41, 5.74) is 0. The predicted molar refractivity (Wildman–Crippen MR) is 42.9 cm³/mol. The van der Waals surface area contributed by atoms with Gasteiger partial charge in [0.1, 0.15) is 4.60 Å². The zero-order valence-electron chi connectivity index (χ0n) is 5.04. The van der Waals surface area contributed by atoms with Crippen LogP contribution in [0.1, 0.15) is 0 Å². The standard InChI is InChI=1S/C4H4BrNO2S2/c1-10(7,8)4-6-3(5)2-9-4/h2H,1H3. The highest BCUT2D eigenvalue weighted by Gasteiger charge is 2.10. The van der Waals surface area contributed by atoms with Crippen LogP contribution < -0.4 is 0 Å². The molecule has 0 bridgehead atoms. The van der Waals surface area contributed by atoms with Crippen LogP contribution in [0, 0.1) is 0 Å². The van der Waals surface area contributed by atoms with Crippen molar-refractivity contribution in [3.05, 3.63) is 9.98 Å². The molecule has 1 aromatic rings. The molecule has 0 amide bonds. The summed E-state index contributed by atoms with van der Waals surface area (Å²) >= 11 is 4.17. The third-order valence-corrected chi connectivity index (χ3v) is 4.04. The SMILES string of the molecule is CS(=O)(=O)c1nc(Br)cs1. The molecule has 0 atom stereocenters. The number of rotatable bonds is 1. The Kier molecular flexibility index (Phi) is 2.12. The Morgan fingerprint density at radius 2 is 2.30 bits per heavy atom. The number of sulfone groups is 1. The molecule has 3 nitrogen and oxygen atoms in total. The molecule has 0 unspecified atom stereocenters. The topological polar surface area (TPSA) is 47.0 Å². The van der Waals surface area contributed by atoms with Crippen LogP contribution in [-0.2, 0) is 9.84 Å². The van der Waals surface area contributed by atoms with Gasteiger partial charge in [0.2, 0.25) is 14.2 Å². The lowest BCUT2D eigenvalue weighted by molar-refractivity contribution is 0.601. The van der Waals surface area contributed by atoms with E-state index in [0.717, 1.165) is 17.6 Å². The van der Waals surface area contributed by atoms with Crippen LogP contribution in [-0.4, -0.2) is 19.7 Å². The van der Waals surface area contributed by atoms with E-state index in [4.69, 9.17) is 0 Å². The Labute approximate surface area is 71.1 Å². The van der Waals surface area contributed by atoms with Gasteiger partial charge in [-0.1, -0.05) is 0 Å². The van der Waals surface area contributed by atoms with E-state index in [1.165, 1.54) is 0 Å². The molecule has 0 spiro atoms. The maximum absolute atomic E-state index is 10.8. The summed E-state index contributed by atoms with van der Waals surface area (Å²) in [6.45, 7) is 0. The molecule has 0 saturated carbocycles. The number of hydrogen-bond acceptors (Lipinski definition) is 4. The maximum atomic E-state index is 10.8. The minimum Gasteiger partial charge on any atom is -0.222 e. The van der Waals surface area contributed by atoms with E-state index >= 15 is 0 Å². The van der Waals surface area contributed by atoms with Crippen molar-refractivity contribution in [3.8, 4) is 0 Å². The van der Waals surface area contributed by atoms with E-state index in [-0.39, 0.29) is 4.34 Å². The van der Waals surface area contributed by atoms with Crippen LogP contribution in [0.3, 0.4) is 0 Å². The molecule has 0 aliphatic carbocycles. The zero-order chi connectivity index (χ0) is 7.78. The first kappa shape index (κ1) is 8.16. The van der Waals surface area contributed by atoms with E-state index in [0.29, 0.717) is 4.60 Å². The number of halogens is 1. The van der Waals surface area contributed by atoms with Gasteiger partial charge in [0.05, 0.1) is 0 Å². The average molecular weight is 242 g/mol. The summed E-state index contributed by atoms with van der Waals surface area (Å²) in [5.74, 6) is 0. The first-order valence-electron chi connectivity index (χ1n) is 2.31. The maximum Gasteiger partial charge on any atom is 0.210 e. The van der Waals surface area contributed by atoms with Crippen LogP contribution in [0.2, 0.25) is 0 Å².